The fourth-order valence-corrected chi connectivity index (χ4v) is 2.91. The molecule has 0 fully saturated rings. The molecule has 1 heterocycles. The normalized spacial score (nSPS) is 16.1. The van der Waals surface area contributed by atoms with Gasteiger partial charge in [0.05, 0.1) is 17.7 Å². The number of benzene rings is 2. The molecule has 1 aliphatic rings. The smallest absolute Gasteiger partial charge is 0.422 e. The van der Waals surface area contributed by atoms with Crippen molar-refractivity contribution in [2.24, 2.45) is 9.98 Å². The van der Waals surface area contributed by atoms with Gasteiger partial charge in [-0.05, 0) is 42.0 Å². The van der Waals surface area contributed by atoms with Gasteiger partial charge in [0.2, 0.25) is 0 Å². The number of halogens is 9. The Hall–Kier alpha value is -3.71. The zero-order chi connectivity index (χ0) is 26.6. The lowest BCUT2D eigenvalue weighted by Gasteiger charge is -2.13. The Labute approximate surface area is 198 Å². The van der Waals surface area contributed by atoms with Gasteiger partial charge >= 0.3 is 18.5 Å². The molecule has 0 bridgehead atoms. The van der Waals surface area contributed by atoms with Crippen molar-refractivity contribution in [1.82, 2.24) is 5.32 Å². The molecule has 0 radical (unpaired) electrons. The molecule has 0 aliphatic carbocycles. The standard InChI is InChI=1S/C22H17F9N4O/c23-20(24,25)12-36-19-34-17(32-11-13-3-1-4-14(9-13)21(26,27)28)7-8-18(35-19)33-16-6-2-5-15(10-16)22(29,30)31/h1-6,8-10,33H,7,11-12H2,(H,32,34,35). The largest absolute Gasteiger partial charge is 0.455 e. The molecule has 0 spiro atoms. The number of nitrogens with one attached hydrogen (secondary N) is 2. The summed E-state index contributed by atoms with van der Waals surface area (Å²) in [5, 5.41) is 5.01. The fourth-order valence-electron chi connectivity index (χ4n) is 2.91. The van der Waals surface area contributed by atoms with Gasteiger partial charge in [-0.15, -0.1) is 0 Å². The van der Waals surface area contributed by atoms with Crippen molar-refractivity contribution in [2.75, 3.05) is 11.9 Å². The average Bonchev–Trinajstić information content (AvgIpc) is 2.97. The number of aliphatic imine (C=N–C) groups is 2. The lowest BCUT2D eigenvalue weighted by atomic mass is 10.1. The number of nitrogens with zero attached hydrogens (tertiary/aromatic N) is 2. The second kappa shape index (κ2) is 10.5. The summed E-state index contributed by atoms with van der Waals surface area (Å²) in [7, 11) is 0. The van der Waals surface area contributed by atoms with Crippen molar-refractivity contribution in [3.63, 3.8) is 0 Å². The van der Waals surface area contributed by atoms with Gasteiger partial charge in [0.15, 0.2) is 6.61 Å². The van der Waals surface area contributed by atoms with Gasteiger partial charge < -0.3 is 10.1 Å². The van der Waals surface area contributed by atoms with Gasteiger partial charge in [-0.1, -0.05) is 18.2 Å². The summed E-state index contributed by atoms with van der Waals surface area (Å²) < 4.78 is 120. The molecule has 2 N–H and O–H groups in total. The molecule has 194 valence electrons. The number of alkyl halides is 9. The molecule has 5 nitrogen and oxygen atoms in total. The lowest BCUT2D eigenvalue weighted by molar-refractivity contribution is -0.156. The maximum absolute atomic E-state index is 13.0. The van der Waals surface area contributed by atoms with E-state index in [2.05, 4.69) is 25.4 Å². The summed E-state index contributed by atoms with van der Waals surface area (Å²) in [5.74, 6) is -0.127. The topological polar surface area (TPSA) is 58.0 Å². The van der Waals surface area contributed by atoms with Crippen LogP contribution in [0.3, 0.4) is 0 Å². The lowest BCUT2D eigenvalue weighted by Crippen LogP contribution is -2.34. The first-order chi connectivity index (χ1) is 16.7. The number of rotatable bonds is 5. The van der Waals surface area contributed by atoms with E-state index >= 15 is 0 Å². The van der Waals surface area contributed by atoms with E-state index in [-0.39, 0.29) is 35.9 Å². The first kappa shape index (κ1) is 26.9. The number of anilines is 1. The van der Waals surface area contributed by atoms with Crippen LogP contribution in [0.1, 0.15) is 23.1 Å². The summed E-state index contributed by atoms with van der Waals surface area (Å²) in [6.07, 6.45) is -12.7. The van der Waals surface area contributed by atoms with Crippen LogP contribution in [0.4, 0.5) is 45.2 Å². The van der Waals surface area contributed by atoms with Crippen LogP contribution in [-0.2, 0) is 23.6 Å². The fraction of sp³-hybridized carbons (Fsp3) is 0.273. The summed E-state index contributed by atoms with van der Waals surface area (Å²) in [6, 6.07) is 7.74. The first-order valence-corrected chi connectivity index (χ1v) is 10.1. The Kier molecular flexibility index (Phi) is 7.84. The van der Waals surface area contributed by atoms with Crippen molar-refractivity contribution in [2.45, 2.75) is 31.5 Å². The number of hydrogen-bond donors (Lipinski definition) is 2. The third-order valence-electron chi connectivity index (χ3n) is 4.50. The minimum absolute atomic E-state index is 0.00850. The van der Waals surface area contributed by atoms with Crippen molar-refractivity contribution in [1.29, 1.82) is 0 Å². The Morgan fingerprint density at radius 1 is 0.889 bits per heavy atom. The van der Waals surface area contributed by atoms with Crippen LogP contribution in [0.5, 0.6) is 0 Å². The molecule has 3 rings (SSSR count). The highest BCUT2D eigenvalue weighted by Gasteiger charge is 2.32. The number of ether oxygens (including phenoxy) is 1. The van der Waals surface area contributed by atoms with Crippen LogP contribution >= 0.6 is 0 Å². The summed E-state index contributed by atoms with van der Waals surface area (Å²) >= 11 is 0. The minimum atomic E-state index is -4.72. The predicted octanol–water partition coefficient (Wildman–Crippen LogP) is 6.50. The third kappa shape index (κ3) is 8.20. The molecular formula is C22H17F9N4O. The summed E-state index contributed by atoms with van der Waals surface area (Å²) in [5.41, 5.74) is -1.71. The molecule has 0 unspecified atom stereocenters. The second-order valence-corrected chi connectivity index (χ2v) is 7.40. The van der Waals surface area contributed by atoms with Crippen LogP contribution in [0.2, 0.25) is 0 Å². The molecule has 0 atom stereocenters. The highest BCUT2D eigenvalue weighted by atomic mass is 19.4. The Balaban J connectivity index is 1.83. The average molecular weight is 524 g/mol. The van der Waals surface area contributed by atoms with Gasteiger partial charge in [0.1, 0.15) is 11.7 Å². The second-order valence-electron chi connectivity index (χ2n) is 7.40. The van der Waals surface area contributed by atoms with E-state index in [1.165, 1.54) is 24.3 Å². The van der Waals surface area contributed by atoms with Crippen molar-refractivity contribution in [3.8, 4) is 0 Å². The van der Waals surface area contributed by atoms with E-state index in [1.54, 1.807) is 0 Å². The molecule has 1 aliphatic heterocycles. The molecule has 0 aromatic heterocycles. The van der Waals surface area contributed by atoms with E-state index in [4.69, 9.17) is 0 Å². The van der Waals surface area contributed by atoms with Crippen LogP contribution in [-0.4, -0.2) is 24.6 Å². The quantitative estimate of drug-likeness (QED) is 0.439. The SMILES string of the molecule is FC(F)(F)COC1=NC(Nc2cccc(C(F)(F)F)c2)=CCC(=NCc2cccc(C(F)(F)F)c2)N1. The van der Waals surface area contributed by atoms with Crippen LogP contribution in [0, 0.1) is 0 Å². The molecule has 36 heavy (non-hydrogen) atoms. The van der Waals surface area contributed by atoms with Gasteiger partial charge in [0, 0.05) is 12.1 Å². The van der Waals surface area contributed by atoms with Crippen molar-refractivity contribution in [3.05, 3.63) is 77.1 Å². The van der Waals surface area contributed by atoms with Crippen LogP contribution < -0.4 is 10.6 Å². The highest BCUT2D eigenvalue weighted by molar-refractivity contribution is 5.99. The Morgan fingerprint density at radius 2 is 1.53 bits per heavy atom. The zero-order valence-electron chi connectivity index (χ0n) is 18.0. The number of amidine groups is 2. The van der Waals surface area contributed by atoms with E-state index < -0.39 is 42.3 Å². The molecule has 14 heteroatoms. The summed E-state index contributed by atoms with van der Waals surface area (Å²) in [6.45, 7) is -1.97. The zero-order valence-corrected chi connectivity index (χ0v) is 18.0. The molecular weight excluding hydrogens is 507 g/mol. The Bertz CT molecular complexity index is 1170. The minimum Gasteiger partial charge on any atom is -0.455 e. The highest BCUT2D eigenvalue weighted by Crippen LogP contribution is 2.31. The van der Waals surface area contributed by atoms with Gasteiger partial charge in [-0.3, -0.25) is 10.3 Å². The van der Waals surface area contributed by atoms with E-state index in [1.807, 2.05) is 0 Å². The van der Waals surface area contributed by atoms with Crippen molar-refractivity contribution >= 4 is 17.5 Å². The van der Waals surface area contributed by atoms with E-state index in [0.29, 0.717) is 0 Å². The molecule has 0 saturated carbocycles. The maximum Gasteiger partial charge on any atom is 0.422 e. The number of hydrogen-bond acceptors (Lipinski definition) is 4. The van der Waals surface area contributed by atoms with Gasteiger partial charge in [0.25, 0.3) is 6.02 Å². The first-order valence-electron chi connectivity index (χ1n) is 10.1. The van der Waals surface area contributed by atoms with Crippen LogP contribution in [0.15, 0.2) is 70.4 Å². The van der Waals surface area contributed by atoms with E-state index in [0.717, 1.165) is 30.3 Å². The van der Waals surface area contributed by atoms with Crippen molar-refractivity contribution < 1.29 is 44.3 Å². The molecule has 2 aromatic carbocycles. The molecule has 0 saturated heterocycles. The van der Waals surface area contributed by atoms with Crippen LogP contribution in [0.25, 0.3) is 0 Å². The summed E-state index contributed by atoms with van der Waals surface area (Å²) in [4.78, 5) is 7.93. The van der Waals surface area contributed by atoms with E-state index in [9.17, 15) is 39.5 Å². The monoisotopic (exact) mass is 524 g/mol. The molecule has 2 aromatic rings. The van der Waals surface area contributed by atoms with Gasteiger partial charge in [-0.2, -0.15) is 44.5 Å². The molecule has 0 amide bonds. The van der Waals surface area contributed by atoms with Gasteiger partial charge in [-0.25, -0.2) is 0 Å². The predicted molar refractivity (Wildman–Crippen MR) is 113 cm³/mol. The Morgan fingerprint density at radius 3 is 2.17 bits per heavy atom. The third-order valence-corrected chi connectivity index (χ3v) is 4.50. The maximum atomic E-state index is 13.0.